The second-order valence-corrected chi connectivity index (χ2v) is 3.60. The van der Waals surface area contributed by atoms with Crippen LogP contribution < -0.4 is 0 Å². The van der Waals surface area contributed by atoms with Gasteiger partial charge in [-0.2, -0.15) is 0 Å². The molecule has 0 radical (unpaired) electrons. The number of esters is 1. The minimum Gasteiger partial charge on any atom is -0.469 e. The molecule has 0 aliphatic heterocycles. The van der Waals surface area contributed by atoms with Crippen LogP contribution in [0.25, 0.3) is 0 Å². The lowest BCUT2D eigenvalue weighted by Crippen LogP contribution is -2.23. The highest BCUT2D eigenvalue weighted by Gasteiger charge is 2.23. The number of Topliss-reactive ketones (excluding diaryl/α,β-unsaturated/α-hetero) is 1. The van der Waals surface area contributed by atoms with Gasteiger partial charge in [-0.25, -0.2) is 0 Å². The van der Waals surface area contributed by atoms with Gasteiger partial charge in [-0.05, 0) is 12.8 Å². The van der Waals surface area contributed by atoms with Crippen molar-refractivity contribution in [1.29, 1.82) is 0 Å². The second kappa shape index (κ2) is 6.57. The van der Waals surface area contributed by atoms with E-state index in [1.165, 1.54) is 7.11 Å². The molecule has 82 valence electrons. The molecule has 0 spiro atoms. The Hall–Kier alpha value is -0.860. The van der Waals surface area contributed by atoms with Crippen molar-refractivity contribution >= 4 is 11.8 Å². The first kappa shape index (κ1) is 13.1. The maximum absolute atomic E-state index is 11.7. The van der Waals surface area contributed by atoms with Crippen molar-refractivity contribution in [1.82, 2.24) is 0 Å². The zero-order chi connectivity index (χ0) is 11.1. The summed E-state index contributed by atoms with van der Waals surface area (Å²) in [7, 11) is 1.35. The normalized spacial score (nSPS) is 14.6. The van der Waals surface area contributed by atoms with E-state index in [2.05, 4.69) is 4.74 Å². The number of hydrogen-bond acceptors (Lipinski definition) is 3. The Kier molecular flexibility index (Phi) is 6.17. The van der Waals surface area contributed by atoms with Crippen molar-refractivity contribution in [2.45, 2.75) is 40.0 Å². The molecule has 0 aromatic rings. The lowest BCUT2D eigenvalue weighted by molar-refractivity contribution is -0.144. The van der Waals surface area contributed by atoms with Crippen molar-refractivity contribution in [2.24, 2.45) is 11.8 Å². The SMILES string of the molecule is CCC(C)C(=O)C(CC)CC(=O)OC. The Bertz CT molecular complexity index is 199. The van der Waals surface area contributed by atoms with Crippen molar-refractivity contribution in [3.05, 3.63) is 0 Å². The van der Waals surface area contributed by atoms with Crippen LogP contribution in [0, 0.1) is 11.8 Å². The molecule has 0 saturated carbocycles. The van der Waals surface area contributed by atoms with E-state index in [0.717, 1.165) is 6.42 Å². The van der Waals surface area contributed by atoms with Crippen LogP contribution >= 0.6 is 0 Å². The van der Waals surface area contributed by atoms with Gasteiger partial charge in [0, 0.05) is 11.8 Å². The average molecular weight is 200 g/mol. The lowest BCUT2D eigenvalue weighted by Gasteiger charge is -2.16. The zero-order valence-corrected chi connectivity index (χ0v) is 9.50. The van der Waals surface area contributed by atoms with Crippen LogP contribution in [0.1, 0.15) is 40.0 Å². The third-order valence-corrected chi connectivity index (χ3v) is 2.63. The number of ether oxygens (including phenoxy) is 1. The molecule has 3 nitrogen and oxygen atoms in total. The van der Waals surface area contributed by atoms with E-state index in [4.69, 9.17) is 0 Å². The molecule has 0 aromatic carbocycles. The minimum absolute atomic E-state index is 0.0459. The van der Waals surface area contributed by atoms with Crippen LogP contribution in [0.5, 0.6) is 0 Å². The van der Waals surface area contributed by atoms with Gasteiger partial charge in [0.25, 0.3) is 0 Å². The van der Waals surface area contributed by atoms with Gasteiger partial charge in [-0.3, -0.25) is 9.59 Å². The van der Waals surface area contributed by atoms with Gasteiger partial charge in [0.15, 0.2) is 0 Å². The fourth-order valence-corrected chi connectivity index (χ4v) is 1.33. The minimum atomic E-state index is -0.298. The number of ketones is 1. The molecule has 0 aliphatic carbocycles. The predicted octanol–water partition coefficient (Wildman–Crippen LogP) is 2.19. The van der Waals surface area contributed by atoms with E-state index in [0.29, 0.717) is 6.42 Å². The molecule has 0 aliphatic rings. The number of hydrogen-bond donors (Lipinski definition) is 0. The largest absolute Gasteiger partial charge is 0.469 e. The summed E-state index contributed by atoms with van der Waals surface area (Å²) >= 11 is 0. The first-order chi connectivity index (χ1) is 6.56. The van der Waals surface area contributed by atoms with Crippen molar-refractivity contribution < 1.29 is 14.3 Å². The summed E-state index contributed by atoms with van der Waals surface area (Å²) < 4.78 is 4.55. The second-order valence-electron chi connectivity index (χ2n) is 3.60. The smallest absolute Gasteiger partial charge is 0.306 e. The quantitative estimate of drug-likeness (QED) is 0.617. The Balaban J connectivity index is 4.26. The van der Waals surface area contributed by atoms with E-state index >= 15 is 0 Å². The molecule has 14 heavy (non-hydrogen) atoms. The fourth-order valence-electron chi connectivity index (χ4n) is 1.33. The average Bonchev–Trinajstić information content (AvgIpc) is 2.23. The molecule has 2 atom stereocenters. The molecule has 0 bridgehead atoms. The van der Waals surface area contributed by atoms with E-state index in [1.54, 1.807) is 0 Å². The molecule has 0 rings (SSSR count). The van der Waals surface area contributed by atoms with Gasteiger partial charge in [0.2, 0.25) is 0 Å². The lowest BCUT2D eigenvalue weighted by atomic mass is 9.88. The van der Waals surface area contributed by atoms with Crippen LogP contribution in [0.15, 0.2) is 0 Å². The molecule has 0 aromatic heterocycles. The Morgan fingerprint density at radius 2 is 1.79 bits per heavy atom. The van der Waals surface area contributed by atoms with E-state index < -0.39 is 0 Å². The highest BCUT2D eigenvalue weighted by molar-refractivity contribution is 5.86. The molecule has 3 heteroatoms. The van der Waals surface area contributed by atoms with Gasteiger partial charge >= 0.3 is 5.97 Å². The number of rotatable bonds is 6. The summed E-state index contributed by atoms with van der Waals surface area (Å²) in [6.07, 6.45) is 1.75. The van der Waals surface area contributed by atoms with Crippen LogP contribution in [-0.4, -0.2) is 18.9 Å². The van der Waals surface area contributed by atoms with Crippen LogP contribution in [0.2, 0.25) is 0 Å². The summed E-state index contributed by atoms with van der Waals surface area (Å²) in [5.41, 5.74) is 0. The molecule has 0 fully saturated rings. The van der Waals surface area contributed by atoms with Gasteiger partial charge in [0.05, 0.1) is 13.5 Å². The molecule has 2 unspecified atom stereocenters. The molecule has 0 N–H and O–H groups in total. The molecule has 0 amide bonds. The maximum Gasteiger partial charge on any atom is 0.306 e. The van der Waals surface area contributed by atoms with Gasteiger partial charge in [-0.1, -0.05) is 20.8 Å². The Morgan fingerprint density at radius 1 is 1.21 bits per heavy atom. The highest BCUT2D eigenvalue weighted by atomic mass is 16.5. The van der Waals surface area contributed by atoms with Gasteiger partial charge in [-0.15, -0.1) is 0 Å². The third-order valence-electron chi connectivity index (χ3n) is 2.63. The molecule has 0 heterocycles. The van der Waals surface area contributed by atoms with Crippen LogP contribution in [-0.2, 0) is 14.3 Å². The molecular formula is C11H20O3. The zero-order valence-electron chi connectivity index (χ0n) is 9.50. The monoisotopic (exact) mass is 200 g/mol. The predicted molar refractivity (Wildman–Crippen MR) is 54.9 cm³/mol. The van der Waals surface area contributed by atoms with Crippen molar-refractivity contribution in [3.63, 3.8) is 0 Å². The molecule has 0 saturated heterocycles. The topological polar surface area (TPSA) is 43.4 Å². The van der Waals surface area contributed by atoms with E-state index in [-0.39, 0.29) is 30.0 Å². The summed E-state index contributed by atoms with van der Waals surface area (Å²) in [6, 6.07) is 0. The summed E-state index contributed by atoms with van der Waals surface area (Å²) in [5, 5.41) is 0. The maximum atomic E-state index is 11.7. The number of carbonyl (C=O) groups excluding carboxylic acids is 2. The molecular weight excluding hydrogens is 180 g/mol. The Labute approximate surface area is 85.8 Å². The van der Waals surface area contributed by atoms with Crippen molar-refractivity contribution in [2.75, 3.05) is 7.11 Å². The summed E-state index contributed by atoms with van der Waals surface area (Å²) in [4.78, 5) is 22.8. The Morgan fingerprint density at radius 3 is 2.14 bits per heavy atom. The van der Waals surface area contributed by atoms with E-state index in [9.17, 15) is 9.59 Å². The van der Waals surface area contributed by atoms with Crippen LogP contribution in [0.3, 0.4) is 0 Å². The fraction of sp³-hybridized carbons (Fsp3) is 0.818. The van der Waals surface area contributed by atoms with Crippen molar-refractivity contribution in [3.8, 4) is 0 Å². The van der Waals surface area contributed by atoms with Gasteiger partial charge < -0.3 is 4.74 Å². The summed E-state index contributed by atoms with van der Waals surface area (Å²) in [5.74, 6) is -0.240. The number of methoxy groups -OCH3 is 1. The first-order valence-electron chi connectivity index (χ1n) is 5.17. The summed E-state index contributed by atoms with van der Waals surface area (Å²) in [6.45, 7) is 5.81. The highest BCUT2D eigenvalue weighted by Crippen LogP contribution is 2.17. The van der Waals surface area contributed by atoms with E-state index in [1.807, 2.05) is 20.8 Å². The number of carbonyl (C=O) groups is 2. The first-order valence-corrected chi connectivity index (χ1v) is 5.17. The van der Waals surface area contributed by atoms with Gasteiger partial charge in [0.1, 0.15) is 5.78 Å². The van der Waals surface area contributed by atoms with Crippen LogP contribution in [0.4, 0.5) is 0 Å². The third kappa shape index (κ3) is 3.90. The standard InChI is InChI=1S/C11H20O3/c1-5-8(3)11(13)9(6-2)7-10(12)14-4/h8-9H,5-7H2,1-4H3.